The highest BCUT2D eigenvalue weighted by Gasteiger charge is 2.08. The Morgan fingerprint density at radius 2 is 1.61 bits per heavy atom. The topological polar surface area (TPSA) is 24.5 Å². The highest BCUT2D eigenvalue weighted by molar-refractivity contribution is 7.80. The van der Waals surface area contributed by atoms with Crippen molar-refractivity contribution in [1.29, 1.82) is 0 Å². The third-order valence-corrected chi connectivity index (χ3v) is 3.34. The van der Waals surface area contributed by atoms with Crippen LogP contribution in [0.1, 0.15) is 52.4 Å². The Labute approximate surface area is 118 Å². The van der Waals surface area contributed by atoms with E-state index in [4.69, 9.17) is 17.0 Å². The maximum Gasteiger partial charge on any atom is 0.169 e. The summed E-state index contributed by atoms with van der Waals surface area (Å²) in [5.74, 6) is 0. The van der Waals surface area contributed by atoms with Gasteiger partial charge < -0.3 is 15.0 Å². The number of unbranched alkanes of at least 4 members (excludes halogenated alkanes) is 4. The summed E-state index contributed by atoms with van der Waals surface area (Å²) < 4.78 is 5.03. The molecule has 0 aliphatic carbocycles. The minimum Gasteiger partial charge on any atom is -0.383 e. The van der Waals surface area contributed by atoms with E-state index in [1.165, 1.54) is 38.5 Å². The van der Waals surface area contributed by atoms with Gasteiger partial charge in [-0.15, -0.1) is 0 Å². The second-order valence-electron chi connectivity index (χ2n) is 4.63. The molecule has 108 valence electrons. The number of methoxy groups -OCH3 is 1. The fraction of sp³-hybridized carbons (Fsp3) is 0.929. The van der Waals surface area contributed by atoms with Gasteiger partial charge in [-0.1, -0.05) is 39.5 Å². The van der Waals surface area contributed by atoms with E-state index in [2.05, 4.69) is 24.1 Å². The molecule has 0 fully saturated rings. The van der Waals surface area contributed by atoms with Crippen LogP contribution in [-0.4, -0.2) is 43.4 Å². The maximum atomic E-state index is 5.45. The molecule has 0 heterocycles. The van der Waals surface area contributed by atoms with Gasteiger partial charge in [0.05, 0.1) is 6.61 Å². The first kappa shape index (κ1) is 17.6. The third kappa shape index (κ3) is 9.66. The molecule has 0 amide bonds. The van der Waals surface area contributed by atoms with Gasteiger partial charge in [-0.3, -0.25) is 0 Å². The van der Waals surface area contributed by atoms with Gasteiger partial charge in [0.1, 0.15) is 0 Å². The van der Waals surface area contributed by atoms with Crippen molar-refractivity contribution in [2.24, 2.45) is 0 Å². The fourth-order valence-corrected chi connectivity index (χ4v) is 2.08. The van der Waals surface area contributed by atoms with Crippen LogP contribution in [0, 0.1) is 0 Å². The van der Waals surface area contributed by atoms with Crippen LogP contribution >= 0.6 is 12.2 Å². The monoisotopic (exact) mass is 274 g/mol. The summed E-state index contributed by atoms with van der Waals surface area (Å²) in [6, 6.07) is 0. The standard InChI is InChI=1S/C14H30N2OS/c1-4-6-8-11-16(12-9-7-5-2)14(18)15-10-13-17-3/h4-13H2,1-3H3,(H,15,18). The zero-order valence-corrected chi connectivity index (χ0v) is 13.2. The minimum absolute atomic E-state index is 0.706. The lowest BCUT2D eigenvalue weighted by Crippen LogP contribution is -2.42. The molecular weight excluding hydrogens is 244 g/mol. The van der Waals surface area contributed by atoms with E-state index in [0.717, 1.165) is 24.7 Å². The average Bonchev–Trinajstić information content (AvgIpc) is 2.37. The normalized spacial score (nSPS) is 10.4. The summed E-state index contributed by atoms with van der Waals surface area (Å²) >= 11 is 5.45. The lowest BCUT2D eigenvalue weighted by Gasteiger charge is -2.26. The molecule has 0 rings (SSSR count). The summed E-state index contributed by atoms with van der Waals surface area (Å²) in [4.78, 5) is 2.32. The number of hydrogen-bond acceptors (Lipinski definition) is 2. The second kappa shape index (κ2) is 13.1. The SMILES string of the molecule is CCCCCN(CCCCC)C(=S)NCCOC. The van der Waals surface area contributed by atoms with E-state index in [9.17, 15) is 0 Å². The molecule has 0 saturated heterocycles. The van der Waals surface area contributed by atoms with Crippen molar-refractivity contribution >= 4 is 17.3 Å². The molecule has 0 atom stereocenters. The number of nitrogens with one attached hydrogen (secondary N) is 1. The molecule has 0 spiro atoms. The van der Waals surface area contributed by atoms with Crippen LogP contribution in [-0.2, 0) is 4.74 Å². The molecule has 3 nitrogen and oxygen atoms in total. The number of nitrogens with zero attached hydrogens (tertiary/aromatic N) is 1. The molecular formula is C14H30N2OS. The van der Waals surface area contributed by atoms with Gasteiger partial charge in [-0.25, -0.2) is 0 Å². The van der Waals surface area contributed by atoms with Crippen LogP contribution in [0.15, 0.2) is 0 Å². The van der Waals surface area contributed by atoms with E-state index in [1.807, 2.05) is 0 Å². The zero-order valence-electron chi connectivity index (χ0n) is 12.3. The molecule has 0 aromatic heterocycles. The van der Waals surface area contributed by atoms with E-state index < -0.39 is 0 Å². The predicted octanol–water partition coefficient (Wildman–Crippen LogP) is 3.19. The van der Waals surface area contributed by atoms with Crippen molar-refractivity contribution in [3.8, 4) is 0 Å². The molecule has 0 radical (unpaired) electrons. The van der Waals surface area contributed by atoms with Crippen LogP contribution in [0.5, 0.6) is 0 Å². The van der Waals surface area contributed by atoms with Crippen molar-refractivity contribution in [3.63, 3.8) is 0 Å². The zero-order chi connectivity index (χ0) is 13.6. The molecule has 0 aromatic carbocycles. The molecule has 0 unspecified atom stereocenters. The molecule has 0 aliphatic rings. The lowest BCUT2D eigenvalue weighted by molar-refractivity contribution is 0.203. The molecule has 0 bridgehead atoms. The van der Waals surface area contributed by atoms with E-state index in [1.54, 1.807) is 7.11 Å². The Morgan fingerprint density at radius 3 is 2.06 bits per heavy atom. The Morgan fingerprint density at radius 1 is 1.06 bits per heavy atom. The van der Waals surface area contributed by atoms with Crippen molar-refractivity contribution in [3.05, 3.63) is 0 Å². The fourth-order valence-electron chi connectivity index (χ4n) is 1.79. The highest BCUT2D eigenvalue weighted by atomic mass is 32.1. The Bertz CT molecular complexity index is 190. The minimum atomic E-state index is 0.706. The summed E-state index contributed by atoms with van der Waals surface area (Å²) in [6.07, 6.45) is 7.54. The first-order valence-corrected chi connectivity index (χ1v) is 7.68. The summed E-state index contributed by atoms with van der Waals surface area (Å²) in [5, 5.41) is 4.16. The maximum absolute atomic E-state index is 5.45. The highest BCUT2D eigenvalue weighted by Crippen LogP contribution is 2.03. The average molecular weight is 274 g/mol. The number of rotatable bonds is 11. The molecule has 4 heteroatoms. The summed E-state index contributed by atoms with van der Waals surface area (Å²) in [7, 11) is 1.71. The summed E-state index contributed by atoms with van der Waals surface area (Å²) in [6.45, 7) is 8.13. The van der Waals surface area contributed by atoms with Crippen molar-refractivity contribution in [1.82, 2.24) is 10.2 Å². The quantitative estimate of drug-likeness (QED) is 0.462. The van der Waals surface area contributed by atoms with Gasteiger partial charge in [-0.05, 0) is 25.1 Å². The molecule has 0 aromatic rings. The lowest BCUT2D eigenvalue weighted by atomic mass is 10.2. The largest absolute Gasteiger partial charge is 0.383 e. The first-order chi connectivity index (χ1) is 8.76. The van der Waals surface area contributed by atoms with Gasteiger partial charge in [0.2, 0.25) is 0 Å². The Hall–Kier alpha value is -0.350. The number of hydrogen-bond donors (Lipinski definition) is 1. The Kier molecular flexibility index (Phi) is 12.8. The Balaban J connectivity index is 3.95. The van der Waals surface area contributed by atoms with Gasteiger partial charge >= 0.3 is 0 Å². The second-order valence-corrected chi connectivity index (χ2v) is 5.01. The number of thiocarbonyl (C=S) groups is 1. The van der Waals surface area contributed by atoms with E-state index in [-0.39, 0.29) is 0 Å². The van der Waals surface area contributed by atoms with Crippen LogP contribution in [0.4, 0.5) is 0 Å². The van der Waals surface area contributed by atoms with Crippen LogP contribution in [0.2, 0.25) is 0 Å². The number of ether oxygens (including phenoxy) is 1. The van der Waals surface area contributed by atoms with Crippen molar-refractivity contribution in [2.45, 2.75) is 52.4 Å². The van der Waals surface area contributed by atoms with Gasteiger partial charge in [0.15, 0.2) is 5.11 Å². The van der Waals surface area contributed by atoms with Crippen molar-refractivity contribution in [2.75, 3.05) is 33.4 Å². The molecule has 1 N–H and O–H groups in total. The van der Waals surface area contributed by atoms with Crippen molar-refractivity contribution < 1.29 is 4.74 Å². The van der Waals surface area contributed by atoms with Crippen LogP contribution < -0.4 is 5.32 Å². The third-order valence-electron chi connectivity index (χ3n) is 2.93. The van der Waals surface area contributed by atoms with Gasteiger partial charge in [0, 0.05) is 26.7 Å². The van der Waals surface area contributed by atoms with E-state index in [0.29, 0.717) is 6.61 Å². The summed E-state index contributed by atoms with van der Waals surface area (Å²) in [5.41, 5.74) is 0. The molecule has 0 saturated carbocycles. The predicted molar refractivity (Wildman–Crippen MR) is 83.1 cm³/mol. The van der Waals surface area contributed by atoms with Crippen LogP contribution in [0.25, 0.3) is 0 Å². The van der Waals surface area contributed by atoms with E-state index >= 15 is 0 Å². The van der Waals surface area contributed by atoms with Gasteiger partial charge in [0.25, 0.3) is 0 Å². The molecule has 18 heavy (non-hydrogen) atoms. The van der Waals surface area contributed by atoms with Crippen LogP contribution in [0.3, 0.4) is 0 Å². The van der Waals surface area contributed by atoms with Gasteiger partial charge in [-0.2, -0.15) is 0 Å². The first-order valence-electron chi connectivity index (χ1n) is 7.27. The smallest absolute Gasteiger partial charge is 0.169 e. The molecule has 0 aliphatic heterocycles.